The monoisotopic (exact) mass is 262 g/mol. The zero-order valence-electron chi connectivity index (χ0n) is 12.7. The first kappa shape index (κ1) is 13.2. The van der Waals surface area contributed by atoms with E-state index in [9.17, 15) is 4.79 Å². The molecule has 3 aliphatic rings. The molecule has 0 spiro atoms. The zero-order chi connectivity index (χ0) is 14.1. The minimum atomic E-state index is -0.133. The van der Waals surface area contributed by atoms with Gasteiger partial charge in [0.05, 0.1) is 0 Å². The van der Waals surface area contributed by atoms with Crippen LogP contribution >= 0.6 is 0 Å². The molecule has 0 radical (unpaired) electrons. The molecule has 0 amide bonds. The van der Waals surface area contributed by atoms with E-state index in [1.54, 1.807) is 0 Å². The number of rotatable bonds is 1. The summed E-state index contributed by atoms with van der Waals surface area (Å²) in [6, 6.07) is 0. The van der Waals surface area contributed by atoms with E-state index in [0.717, 1.165) is 12.8 Å². The Kier molecular flexibility index (Phi) is 2.54. The van der Waals surface area contributed by atoms with E-state index in [-0.39, 0.29) is 22.9 Å². The molecule has 3 aliphatic carbocycles. The van der Waals surface area contributed by atoms with E-state index in [2.05, 4.69) is 27.4 Å². The largest absolute Gasteiger partial charge is 0.463 e. The molecule has 0 aliphatic heterocycles. The molecular weight excluding hydrogens is 236 g/mol. The summed E-state index contributed by atoms with van der Waals surface area (Å²) in [5.74, 6) is 0.489. The maximum Gasteiger partial charge on any atom is 0.302 e. The molecule has 19 heavy (non-hydrogen) atoms. The maximum atomic E-state index is 11.3. The zero-order valence-corrected chi connectivity index (χ0v) is 12.7. The highest BCUT2D eigenvalue weighted by atomic mass is 16.5. The Morgan fingerprint density at radius 1 is 1.26 bits per heavy atom. The molecule has 2 nitrogen and oxygen atoms in total. The van der Waals surface area contributed by atoms with Crippen molar-refractivity contribution in [2.75, 3.05) is 0 Å². The number of ether oxygens (including phenoxy) is 1. The lowest BCUT2D eigenvalue weighted by atomic mass is 9.59. The molecule has 3 rings (SSSR count). The SMILES string of the molecule is C=C1CC[C@]2(C)C[C@H]1[C@]1(C)C[C@H](OC(C)=O)C[C@]21C. The van der Waals surface area contributed by atoms with E-state index in [0.29, 0.717) is 11.3 Å². The molecular formula is C17H26O2. The van der Waals surface area contributed by atoms with Gasteiger partial charge in [0.1, 0.15) is 6.10 Å². The molecule has 3 fully saturated rings. The number of carbonyl (C=O) groups excluding carboxylic acids is 1. The second-order valence-corrected chi connectivity index (χ2v) is 7.86. The highest BCUT2D eigenvalue weighted by Crippen LogP contribution is 2.77. The van der Waals surface area contributed by atoms with E-state index in [1.807, 2.05) is 0 Å². The van der Waals surface area contributed by atoms with E-state index < -0.39 is 0 Å². The van der Waals surface area contributed by atoms with E-state index in [1.165, 1.54) is 31.8 Å². The first-order valence-corrected chi connectivity index (χ1v) is 7.57. The molecule has 0 unspecified atom stereocenters. The second kappa shape index (κ2) is 3.65. The summed E-state index contributed by atoms with van der Waals surface area (Å²) in [7, 11) is 0. The number of carbonyl (C=O) groups is 1. The average molecular weight is 262 g/mol. The number of hydrogen-bond donors (Lipinski definition) is 0. The summed E-state index contributed by atoms with van der Waals surface area (Å²) in [5, 5.41) is 0. The van der Waals surface area contributed by atoms with Crippen molar-refractivity contribution in [1.82, 2.24) is 0 Å². The lowest BCUT2D eigenvalue weighted by Gasteiger charge is -2.45. The summed E-state index contributed by atoms with van der Waals surface area (Å²) in [6.45, 7) is 13.2. The third kappa shape index (κ3) is 1.46. The summed E-state index contributed by atoms with van der Waals surface area (Å²) in [5.41, 5.74) is 2.37. The number of allylic oxidation sites excluding steroid dienone is 1. The van der Waals surface area contributed by atoms with Gasteiger partial charge < -0.3 is 4.74 Å². The van der Waals surface area contributed by atoms with Crippen molar-refractivity contribution >= 4 is 5.97 Å². The molecule has 2 heteroatoms. The van der Waals surface area contributed by atoms with Gasteiger partial charge in [0.2, 0.25) is 0 Å². The molecule has 0 heterocycles. The molecule has 0 saturated heterocycles. The summed E-state index contributed by atoms with van der Waals surface area (Å²) >= 11 is 0. The fourth-order valence-electron chi connectivity index (χ4n) is 5.72. The molecule has 5 atom stereocenters. The third-order valence-electron chi connectivity index (χ3n) is 7.13. The topological polar surface area (TPSA) is 26.3 Å². The van der Waals surface area contributed by atoms with Crippen LogP contribution in [0.1, 0.15) is 59.8 Å². The van der Waals surface area contributed by atoms with Crippen LogP contribution in [0.15, 0.2) is 12.2 Å². The normalized spacial score (nSPS) is 52.1. The van der Waals surface area contributed by atoms with Gasteiger partial charge in [0.25, 0.3) is 0 Å². The highest BCUT2D eigenvalue weighted by molar-refractivity contribution is 5.66. The number of fused-ring (bicyclic) bond motifs is 5. The number of hydrogen-bond acceptors (Lipinski definition) is 2. The Balaban J connectivity index is 1.99. The molecule has 0 aromatic rings. The van der Waals surface area contributed by atoms with Crippen LogP contribution in [0.2, 0.25) is 0 Å². The summed E-state index contributed by atoms with van der Waals surface area (Å²) in [6.07, 6.45) is 5.88. The average Bonchev–Trinajstić information content (AvgIpc) is 2.61. The Morgan fingerprint density at radius 3 is 2.58 bits per heavy atom. The predicted octanol–water partition coefficient (Wildman–Crippen LogP) is 4.10. The van der Waals surface area contributed by atoms with Gasteiger partial charge in [-0.2, -0.15) is 0 Å². The van der Waals surface area contributed by atoms with Gasteiger partial charge in [0.15, 0.2) is 0 Å². The third-order valence-corrected chi connectivity index (χ3v) is 7.13. The van der Waals surface area contributed by atoms with Crippen molar-refractivity contribution in [2.45, 2.75) is 65.9 Å². The fraction of sp³-hybridized carbons (Fsp3) is 0.824. The van der Waals surface area contributed by atoms with Gasteiger partial charge in [-0.3, -0.25) is 4.79 Å². The van der Waals surface area contributed by atoms with Crippen molar-refractivity contribution in [2.24, 2.45) is 22.2 Å². The smallest absolute Gasteiger partial charge is 0.302 e. The van der Waals surface area contributed by atoms with Gasteiger partial charge in [-0.1, -0.05) is 32.9 Å². The fourth-order valence-corrected chi connectivity index (χ4v) is 5.72. The second-order valence-electron chi connectivity index (χ2n) is 7.86. The number of esters is 1. The van der Waals surface area contributed by atoms with Crippen LogP contribution in [0.3, 0.4) is 0 Å². The predicted molar refractivity (Wildman–Crippen MR) is 75.6 cm³/mol. The van der Waals surface area contributed by atoms with Crippen molar-refractivity contribution in [3.8, 4) is 0 Å². The van der Waals surface area contributed by atoms with Crippen LogP contribution in [0.5, 0.6) is 0 Å². The van der Waals surface area contributed by atoms with Crippen molar-refractivity contribution in [3.63, 3.8) is 0 Å². The van der Waals surface area contributed by atoms with Crippen LogP contribution in [0.25, 0.3) is 0 Å². The Bertz CT molecular complexity index is 454. The van der Waals surface area contributed by atoms with Crippen LogP contribution < -0.4 is 0 Å². The van der Waals surface area contributed by atoms with Crippen LogP contribution in [-0.4, -0.2) is 12.1 Å². The molecule has 0 aromatic carbocycles. The molecule has 0 N–H and O–H groups in total. The molecule has 0 aromatic heterocycles. The van der Waals surface area contributed by atoms with Crippen molar-refractivity contribution in [3.05, 3.63) is 12.2 Å². The minimum Gasteiger partial charge on any atom is -0.463 e. The Morgan fingerprint density at radius 2 is 1.95 bits per heavy atom. The summed E-state index contributed by atoms with van der Waals surface area (Å²) < 4.78 is 5.55. The van der Waals surface area contributed by atoms with E-state index >= 15 is 0 Å². The van der Waals surface area contributed by atoms with Gasteiger partial charge in [-0.05, 0) is 54.3 Å². The molecule has 3 saturated carbocycles. The van der Waals surface area contributed by atoms with Crippen molar-refractivity contribution in [1.29, 1.82) is 0 Å². The Labute approximate surface area is 116 Å². The van der Waals surface area contributed by atoms with Crippen LogP contribution in [-0.2, 0) is 9.53 Å². The van der Waals surface area contributed by atoms with Gasteiger partial charge >= 0.3 is 5.97 Å². The highest BCUT2D eigenvalue weighted by Gasteiger charge is 2.70. The molecule has 106 valence electrons. The van der Waals surface area contributed by atoms with Crippen LogP contribution in [0.4, 0.5) is 0 Å². The molecule has 2 bridgehead atoms. The van der Waals surface area contributed by atoms with Gasteiger partial charge in [-0.15, -0.1) is 0 Å². The quantitative estimate of drug-likeness (QED) is 0.525. The van der Waals surface area contributed by atoms with Crippen LogP contribution in [0, 0.1) is 22.2 Å². The van der Waals surface area contributed by atoms with Crippen molar-refractivity contribution < 1.29 is 9.53 Å². The standard InChI is InChI=1S/C17H26O2/c1-11-6-7-15(3)10-14(11)16(4)8-13(19-12(2)18)9-17(15,16)5/h13-14H,1,6-10H2,2-5H3/t13-,14+,15+,16-,17+/m0/s1. The first-order chi connectivity index (χ1) is 8.72. The maximum absolute atomic E-state index is 11.3. The lowest BCUT2D eigenvalue weighted by molar-refractivity contribution is -0.146. The summed E-state index contributed by atoms with van der Waals surface area (Å²) in [4.78, 5) is 11.3. The van der Waals surface area contributed by atoms with E-state index in [4.69, 9.17) is 4.74 Å². The van der Waals surface area contributed by atoms with Gasteiger partial charge in [0, 0.05) is 6.92 Å². The Hall–Kier alpha value is -0.790. The lowest BCUT2D eigenvalue weighted by Crippen LogP contribution is -2.38. The minimum absolute atomic E-state index is 0.112. The van der Waals surface area contributed by atoms with Gasteiger partial charge in [-0.25, -0.2) is 0 Å². The first-order valence-electron chi connectivity index (χ1n) is 7.57.